The smallest absolute Gasteiger partial charge is 0.212 e. The number of hydrogen-bond acceptors (Lipinski definition) is 5. The second kappa shape index (κ2) is 6.55. The number of thioether (sulfide) groups is 1. The zero-order valence-electron chi connectivity index (χ0n) is 14.7. The Morgan fingerprint density at radius 2 is 1.67 bits per heavy atom. The Balaban J connectivity index is 1.58. The van der Waals surface area contributed by atoms with E-state index < -0.39 is 0 Å². The highest BCUT2D eigenvalue weighted by Crippen LogP contribution is 2.30. The summed E-state index contributed by atoms with van der Waals surface area (Å²) in [5, 5.41) is 16.7. The van der Waals surface area contributed by atoms with E-state index in [4.69, 9.17) is 9.84 Å². The molecule has 132 valence electrons. The van der Waals surface area contributed by atoms with Gasteiger partial charge in [-0.2, -0.15) is 9.78 Å². The average molecular weight is 372 g/mol. The van der Waals surface area contributed by atoms with Crippen LogP contribution in [0.1, 0.15) is 5.56 Å². The first kappa shape index (κ1) is 16.1. The Kier molecular flexibility index (Phi) is 3.90. The lowest BCUT2D eigenvalue weighted by atomic mass is 10.1. The van der Waals surface area contributed by atoms with Crippen LogP contribution in [0.3, 0.4) is 0 Å². The molecule has 4 aromatic rings. The Bertz CT molecular complexity index is 1160. The minimum absolute atomic E-state index is 0.758. The van der Waals surface area contributed by atoms with Gasteiger partial charge in [0.15, 0.2) is 5.82 Å². The molecular formula is C21H16N4OS. The van der Waals surface area contributed by atoms with Crippen LogP contribution < -0.4 is 4.74 Å². The van der Waals surface area contributed by atoms with Gasteiger partial charge in [0.05, 0.1) is 12.8 Å². The van der Waals surface area contributed by atoms with Crippen LogP contribution in [-0.4, -0.2) is 33.4 Å². The number of ether oxygens (including phenoxy) is 1. The molecule has 0 bridgehead atoms. The molecule has 1 aliphatic rings. The van der Waals surface area contributed by atoms with Gasteiger partial charge in [0.1, 0.15) is 5.75 Å². The molecule has 6 heteroatoms. The monoisotopic (exact) mass is 372 g/mol. The van der Waals surface area contributed by atoms with Crippen LogP contribution in [0.4, 0.5) is 0 Å². The number of nitrogens with zero attached hydrogens (tertiary/aromatic N) is 4. The van der Waals surface area contributed by atoms with Crippen LogP contribution in [-0.2, 0) is 0 Å². The highest BCUT2D eigenvalue weighted by atomic mass is 32.2. The number of rotatable bonds is 3. The second-order valence-corrected chi connectivity index (χ2v) is 7.19. The lowest BCUT2D eigenvalue weighted by Gasteiger charge is -2.14. The minimum atomic E-state index is 0.758. The quantitative estimate of drug-likeness (QED) is 0.533. The standard InChI is InChI=1S/C21H16N4OS/c1-26-18-10-8-15(9-11-18)19-13-27-21-23-22-20(25(21)24-19)17-7-6-14-4-2-3-5-16(14)12-17/h2-12H,13H2,1H3. The van der Waals surface area contributed by atoms with E-state index in [9.17, 15) is 0 Å². The van der Waals surface area contributed by atoms with Crippen molar-refractivity contribution in [2.45, 2.75) is 5.16 Å². The zero-order chi connectivity index (χ0) is 18.2. The predicted octanol–water partition coefficient (Wildman–Crippen LogP) is 4.47. The molecule has 0 radical (unpaired) electrons. The van der Waals surface area contributed by atoms with Crippen molar-refractivity contribution in [3.05, 3.63) is 72.3 Å². The van der Waals surface area contributed by atoms with Crippen molar-refractivity contribution >= 4 is 28.2 Å². The Hall–Kier alpha value is -3.12. The van der Waals surface area contributed by atoms with Gasteiger partial charge >= 0.3 is 0 Å². The summed E-state index contributed by atoms with van der Waals surface area (Å²) in [7, 11) is 1.67. The molecule has 0 aliphatic carbocycles. The largest absolute Gasteiger partial charge is 0.497 e. The van der Waals surface area contributed by atoms with Crippen molar-refractivity contribution in [2.75, 3.05) is 12.9 Å². The molecule has 0 unspecified atom stereocenters. The third-order valence-corrected chi connectivity index (χ3v) is 5.53. The summed E-state index contributed by atoms with van der Waals surface area (Å²) in [5.74, 6) is 2.36. The zero-order valence-corrected chi connectivity index (χ0v) is 15.5. The lowest BCUT2D eigenvalue weighted by molar-refractivity contribution is 0.415. The maximum atomic E-state index is 5.24. The molecule has 0 saturated heterocycles. The predicted molar refractivity (Wildman–Crippen MR) is 109 cm³/mol. The molecule has 27 heavy (non-hydrogen) atoms. The van der Waals surface area contributed by atoms with E-state index in [1.54, 1.807) is 18.9 Å². The van der Waals surface area contributed by atoms with Gasteiger partial charge in [0, 0.05) is 11.3 Å². The number of hydrogen-bond donors (Lipinski definition) is 0. The maximum absolute atomic E-state index is 5.24. The van der Waals surface area contributed by atoms with Crippen LogP contribution in [0.2, 0.25) is 0 Å². The van der Waals surface area contributed by atoms with E-state index in [-0.39, 0.29) is 0 Å². The Morgan fingerprint density at radius 1 is 0.889 bits per heavy atom. The van der Waals surface area contributed by atoms with E-state index in [2.05, 4.69) is 40.5 Å². The summed E-state index contributed by atoms with van der Waals surface area (Å²) >= 11 is 1.65. The summed E-state index contributed by atoms with van der Waals surface area (Å²) in [6.45, 7) is 0. The molecule has 3 aromatic carbocycles. The number of methoxy groups -OCH3 is 1. The minimum Gasteiger partial charge on any atom is -0.497 e. The van der Waals surface area contributed by atoms with Crippen molar-refractivity contribution in [3.8, 4) is 17.1 Å². The van der Waals surface area contributed by atoms with E-state index in [0.717, 1.165) is 39.3 Å². The van der Waals surface area contributed by atoms with Gasteiger partial charge in [-0.15, -0.1) is 10.2 Å². The van der Waals surface area contributed by atoms with Gasteiger partial charge in [-0.25, -0.2) is 0 Å². The normalized spacial score (nSPS) is 13.3. The fourth-order valence-electron chi connectivity index (χ4n) is 3.16. The summed E-state index contributed by atoms with van der Waals surface area (Å²) < 4.78 is 7.09. The highest BCUT2D eigenvalue weighted by Gasteiger charge is 2.21. The van der Waals surface area contributed by atoms with E-state index in [0.29, 0.717) is 0 Å². The first-order chi connectivity index (χ1) is 13.3. The maximum Gasteiger partial charge on any atom is 0.212 e. The van der Waals surface area contributed by atoms with Crippen LogP contribution in [0.15, 0.2) is 77.0 Å². The van der Waals surface area contributed by atoms with Crippen molar-refractivity contribution < 1.29 is 4.74 Å². The molecule has 0 saturated carbocycles. The van der Waals surface area contributed by atoms with Gasteiger partial charge in [0.2, 0.25) is 5.16 Å². The van der Waals surface area contributed by atoms with Gasteiger partial charge in [-0.1, -0.05) is 48.2 Å². The third kappa shape index (κ3) is 2.88. The summed E-state index contributed by atoms with van der Waals surface area (Å²) in [6.07, 6.45) is 0. The van der Waals surface area contributed by atoms with Crippen molar-refractivity contribution in [1.82, 2.24) is 14.9 Å². The van der Waals surface area contributed by atoms with Crippen molar-refractivity contribution in [1.29, 1.82) is 0 Å². The molecule has 2 heterocycles. The number of fused-ring (bicyclic) bond motifs is 2. The van der Waals surface area contributed by atoms with Crippen LogP contribution >= 0.6 is 11.8 Å². The van der Waals surface area contributed by atoms with Gasteiger partial charge < -0.3 is 4.74 Å². The van der Waals surface area contributed by atoms with Gasteiger partial charge in [-0.3, -0.25) is 0 Å². The summed E-state index contributed by atoms with van der Waals surface area (Å²) in [6, 6.07) is 22.6. The van der Waals surface area contributed by atoms with Crippen LogP contribution in [0, 0.1) is 0 Å². The molecule has 1 aliphatic heterocycles. The molecule has 0 atom stereocenters. The molecule has 0 fully saturated rings. The first-order valence-corrected chi connectivity index (χ1v) is 9.60. The van der Waals surface area contributed by atoms with Crippen LogP contribution in [0.25, 0.3) is 22.2 Å². The third-order valence-electron chi connectivity index (χ3n) is 4.60. The van der Waals surface area contributed by atoms with E-state index in [1.165, 1.54) is 10.8 Å². The molecule has 0 N–H and O–H groups in total. The molecule has 5 rings (SSSR count). The summed E-state index contributed by atoms with van der Waals surface area (Å²) in [5.41, 5.74) is 3.08. The molecule has 1 aromatic heterocycles. The average Bonchev–Trinajstić information content (AvgIpc) is 3.16. The van der Waals surface area contributed by atoms with E-state index >= 15 is 0 Å². The number of benzene rings is 3. The molecular weight excluding hydrogens is 356 g/mol. The first-order valence-electron chi connectivity index (χ1n) is 8.61. The SMILES string of the molecule is COc1ccc(C2=Nn3c(nnc3-c3ccc4ccccc4c3)SC2)cc1. The van der Waals surface area contributed by atoms with Crippen molar-refractivity contribution in [2.24, 2.45) is 5.10 Å². The van der Waals surface area contributed by atoms with E-state index in [1.807, 2.05) is 41.1 Å². The topological polar surface area (TPSA) is 52.3 Å². The second-order valence-electron chi connectivity index (χ2n) is 6.24. The Morgan fingerprint density at radius 3 is 2.48 bits per heavy atom. The van der Waals surface area contributed by atoms with Crippen LogP contribution in [0.5, 0.6) is 5.75 Å². The fourth-order valence-corrected chi connectivity index (χ4v) is 4.00. The van der Waals surface area contributed by atoms with Gasteiger partial charge in [0.25, 0.3) is 0 Å². The molecule has 5 nitrogen and oxygen atoms in total. The number of aromatic nitrogens is 3. The van der Waals surface area contributed by atoms with Gasteiger partial charge in [-0.05, 0) is 46.7 Å². The molecule has 0 amide bonds. The highest BCUT2D eigenvalue weighted by molar-refractivity contribution is 7.99. The molecule has 0 spiro atoms. The fraction of sp³-hybridized carbons (Fsp3) is 0.0952. The Labute approximate surface area is 160 Å². The summed E-state index contributed by atoms with van der Waals surface area (Å²) in [4.78, 5) is 0. The van der Waals surface area contributed by atoms with Crippen molar-refractivity contribution in [3.63, 3.8) is 0 Å². The lowest BCUT2D eigenvalue weighted by Crippen LogP contribution is -2.13.